The Morgan fingerprint density at radius 2 is 1.46 bits per heavy atom. The Morgan fingerprint density at radius 3 is 2.18 bits per heavy atom. The number of carboxylic acid groups (broad SMARTS) is 1. The lowest BCUT2D eigenvalue weighted by Gasteiger charge is -2.29. The largest absolute Gasteiger partial charge is 0.481 e. The molecule has 0 unspecified atom stereocenters. The first-order chi connectivity index (χ1) is 27.4. The first-order valence-corrected chi connectivity index (χ1v) is 18.4. The summed E-state index contributed by atoms with van der Waals surface area (Å²) in [5, 5.41) is 18.4. The highest BCUT2D eigenvalue weighted by atomic mass is 19.4. The first-order valence-electron chi connectivity index (χ1n) is 18.4. The highest BCUT2D eigenvalue weighted by Gasteiger charge is 2.30. The van der Waals surface area contributed by atoms with E-state index < -0.39 is 29.5 Å². The van der Waals surface area contributed by atoms with Gasteiger partial charge in [-0.05, 0) is 73.9 Å². The number of hydrogen-bond donors (Lipinski definition) is 3. The average molecular weight is 795 g/mol. The minimum absolute atomic E-state index is 0.0703. The topological polar surface area (TPSA) is 165 Å². The number of ether oxygens (including phenoxy) is 3. The van der Waals surface area contributed by atoms with Crippen molar-refractivity contribution in [2.45, 2.75) is 31.9 Å². The molecule has 3 aromatic carbocycles. The van der Waals surface area contributed by atoms with Gasteiger partial charge in [-0.15, -0.1) is 0 Å². The molecule has 3 amide bonds. The zero-order valence-corrected chi connectivity index (χ0v) is 31.4. The number of alkyl halides is 3. The minimum Gasteiger partial charge on any atom is -0.481 e. The molecule has 3 N–H and O–H groups in total. The molecule has 2 heterocycles. The van der Waals surface area contributed by atoms with Crippen LogP contribution in [0.3, 0.4) is 0 Å². The summed E-state index contributed by atoms with van der Waals surface area (Å²) in [5.74, 6) is -2.33. The highest BCUT2D eigenvalue weighted by Crippen LogP contribution is 2.31. The van der Waals surface area contributed by atoms with Crippen molar-refractivity contribution in [2.24, 2.45) is 0 Å². The third-order valence-corrected chi connectivity index (χ3v) is 8.98. The van der Waals surface area contributed by atoms with E-state index in [0.29, 0.717) is 13.2 Å². The molecule has 4 aromatic rings. The Hall–Kier alpha value is -5.78. The van der Waals surface area contributed by atoms with Gasteiger partial charge in [-0.3, -0.25) is 19.2 Å². The molecule has 17 heteroatoms. The summed E-state index contributed by atoms with van der Waals surface area (Å²) in [6, 6.07) is 17.4. The number of piperidine rings is 1. The van der Waals surface area contributed by atoms with Gasteiger partial charge >= 0.3 is 12.1 Å². The number of carboxylic acids is 1. The lowest BCUT2D eigenvalue weighted by Crippen LogP contribution is -2.30. The number of rotatable bonds is 19. The van der Waals surface area contributed by atoms with Crippen molar-refractivity contribution in [1.82, 2.24) is 14.7 Å². The van der Waals surface area contributed by atoms with Gasteiger partial charge in [0.05, 0.1) is 68.6 Å². The van der Waals surface area contributed by atoms with Crippen molar-refractivity contribution in [2.75, 3.05) is 81.9 Å². The van der Waals surface area contributed by atoms with Crippen LogP contribution in [0, 0.1) is 0 Å². The van der Waals surface area contributed by atoms with Crippen LogP contribution in [0.2, 0.25) is 0 Å². The molecule has 1 aromatic heterocycles. The molecule has 1 fully saturated rings. The van der Waals surface area contributed by atoms with Crippen molar-refractivity contribution in [3.05, 3.63) is 101 Å². The van der Waals surface area contributed by atoms with Crippen LogP contribution in [-0.2, 0) is 25.2 Å². The molecule has 0 atom stereocenters. The number of halogens is 3. The molecular formula is C40H45F3N6O8. The fourth-order valence-corrected chi connectivity index (χ4v) is 5.93. The van der Waals surface area contributed by atoms with E-state index in [1.807, 2.05) is 6.07 Å². The molecule has 0 aliphatic carbocycles. The Kier molecular flexibility index (Phi) is 15.2. The summed E-state index contributed by atoms with van der Waals surface area (Å²) in [6.07, 6.45) is -0.0816. The van der Waals surface area contributed by atoms with E-state index in [1.165, 1.54) is 40.0 Å². The molecule has 57 heavy (non-hydrogen) atoms. The molecule has 0 radical (unpaired) electrons. The van der Waals surface area contributed by atoms with Gasteiger partial charge in [-0.1, -0.05) is 12.1 Å². The van der Waals surface area contributed by atoms with Gasteiger partial charge in [-0.2, -0.15) is 18.3 Å². The number of aromatic nitrogens is 2. The van der Waals surface area contributed by atoms with Crippen LogP contribution >= 0.6 is 0 Å². The molecular weight excluding hydrogens is 749 g/mol. The van der Waals surface area contributed by atoms with Gasteiger partial charge in [0, 0.05) is 55.8 Å². The zero-order chi connectivity index (χ0) is 40.8. The minimum atomic E-state index is -4.54. The molecule has 1 aliphatic rings. The van der Waals surface area contributed by atoms with E-state index in [0.717, 1.165) is 50.2 Å². The first kappa shape index (κ1) is 42.4. The van der Waals surface area contributed by atoms with E-state index in [2.05, 4.69) is 20.6 Å². The third kappa shape index (κ3) is 12.6. The molecule has 14 nitrogen and oxygen atoms in total. The number of aliphatic carboxylic acids is 1. The van der Waals surface area contributed by atoms with E-state index in [4.69, 9.17) is 19.3 Å². The number of nitrogens with one attached hydrogen (secondary N) is 2. The smallest absolute Gasteiger partial charge is 0.416 e. The molecule has 5 rings (SSSR count). The lowest BCUT2D eigenvalue weighted by molar-refractivity contribution is -0.139. The monoisotopic (exact) mass is 794 g/mol. The molecule has 1 saturated heterocycles. The number of hydrogen-bond acceptors (Lipinski definition) is 9. The second-order valence-electron chi connectivity index (χ2n) is 13.2. The maximum Gasteiger partial charge on any atom is 0.416 e. The van der Waals surface area contributed by atoms with Crippen molar-refractivity contribution in [1.29, 1.82) is 0 Å². The predicted octanol–water partition coefficient (Wildman–Crippen LogP) is 5.98. The number of nitrogens with zero attached hydrogens (tertiary/aromatic N) is 4. The van der Waals surface area contributed by atoms with E-state index >= 15 is 0 Å². The average Bonchev–Trinajstić information content (AvgIpc) is 3.68. The molecule has 1 aliphatic heterocycles. The van der Waals surface area contributed by atoms with Crippen LogP contribution in [0.25, 0.3) is 5.69 Å². The van der Waals surface area contributed by atoms with Crippen molar-refractivity contribution < 1.29 is 51.7 Å². The van der Waals surface area contributed by atoms with Crippen molar-refractivity contribution in [3.63, 3.8) is 0 Å². The fourth-order valence-electron chi connectivity index (χ4n) is 5.93. The number of amides is 3. The van der Waals surface area contributed by atoms with Gasteiger partial charge in [-0.25, -0.2) is 4.68 Å². The Morgan fingerprint density at radius 1 is 0.772 bits per heavy atom. The highest BCUT2D eigenvalue weighted by molar-refractivity contribution is 6.13. The maximum atomic E-state index is 13.8. The number of carbonyl (C=O) groups excluding carboxylic acids is 3. The summed E-state index contributed by atoms with van der Waals surface area (Å²) >= 11 is 0. The second-order valence-corrected chi connectivity index (χ2v) is 13.2. The number of anilines is 3. The molecule has 0 saturated carbocycles. The SMILES string of the molecule is CN(CCOCCOCCOCCC(=O)O)C(=O)c1cccc(C(=O)Nc2ccc(N3CCCCC3)cc2C(=O)Nc2ccn(-c3cccc(C(F)(F)F)c3)n2)c1. The quantitative estimate of drug-likeness (QED) is 0.0962. The third-order valence-electron chi connectivity index (χ3n) is 8.98. The Balaban J connectivity index is 1.20. The van der Waals surface area contributed by atoms with Crippen LogP contribution in [-0.4, -0.2) is 110 Å². The standard InChI is InChI=1S/C40H45F3N6O8/c1-47(18-20-56-22-24-57-23-21-55-19-14-36(50)51)39(54)29-8-5-7-28(25-29)37(52)44-34-12-11-31(48-15-3-2-4-16-48)27-33(34)38(53)45-35-13-17-49(46-35)32-10-6-9-30(26-32)40(41,42)43/h5-13,17,25-27H,2-4,14-16,18-24H2,1H3,(H,44,52)(H,50,51)(H,45,46,53). The van der Waals surface area contributed by atoms with Crippen LogP contribution in [0.5, 0.6) is 0 Å². The van der Waals surface area contributed by atoms with Crippen molar-refractivity contribution in [3.8, 4) is 5.69 Å². The summed E-state index contributed by atoms with van der Waals surface area (Å²) in [7, 11) is 1.61. The summed E-state index contributed by atoms with van der Waals surface area (Å²) in [4.78, 5) is 54.7. The number of carbonyl (C=O) groups is 4. The van der Waals surface area contributed by atoms with Gasteiger partial charge in [0.2, 0.25) is 0 Å². The fraction of sp³-hybridized carbons (Fsp3) is 0.375. The van der Waals surface area contributed by atoms with Crippen molar-refractivity contribution >= 4 is 40.9 Å². The van der Waals surface area contributed by atoms with Crippen LogP contribution < -0.4 is 15.5 Å². The molecule has 0 bridgehead atoms. The Labute approximate surface area is 327 Å². The van der Waals surface area contributed by atoms with Gasteiger partial charge in [0.25, 0.3) is 17.7 Å². The van der Waals surface area contributed by atoms with Gasteiger partial charge in [0.1, 0.15) is 0 Å². The summed E-state index contributed by atoms with van der Waals surface area (Å²) in [6.45, 7) is 3.39. The summed E-state index contributed by atoms with van der Waals surface area (Å²) < 4.78 is 57.2. The van der Waals surface area contributed by atoms with E-state index in [1.54, 1.807) is 37.4 Å². The second kappa shape index (κ2) is 20.4. The van der Waals surface area contributed by atoms with Gasteiger partial charge in [0.15, 0.2) is 5.82 Å². The predicted molar refractivity (Wildman–Crippen MR) is 205 cm³/mol. The molecule has 0 spiro atoms. The zero-order valence-electron chi connectivity index (χ0n) is 31.4. The molecule has 304 valence electrons. The lowest BCUT2D eigenvalue weighted by atomic mass is 10.1. The Bertz CT molecular complexity index is 2000. The van der Waals surface area contributed by atoms with E-state index in [-0.39, 0.29) is 79.2 Å². The van der Waals surface area contributed by atoms with Crippen LogP contribution in [0.15, 0.2) is 79.0 Å². The van der Waals surface area contributed by atoms with Crippen LogP contribution in [0.1, 0.15) is 62.3 Å². The normalized spacial score (nSPS) is 12.9. The van der Waals surface area contributed by atoms with Crippen LogP contribution in [0.4, 0.5) is 30.4 Å². The maximum absolute atomic E-state index is 13.8. The van der Waals surface area contributed by atoms with E-state index in [9.17, 15) is 32.3 Å². The number of benzene rings is 3. The number of likely N-dealkylation sites (N-methyl/N-ethyl adjacent to an activating group) is 1. The summed E-state index contributed by atoms with van der Waals surface area (Å²) in [5.41, 5.74) is 0.908. The van der Waals surface area contributed by atoms with Gasteiger partial charge < -0.3 is 39.8 Å².